The van der Waals surface area contributed by atoms with Gasteiger partial charge in [0.2, 0.25) is 11.6 Å². The quantitative estimate of drug-likeness (QED) is 0.663. The van der Waals surface area contributed by atoms with Gasteiger partial charge in [-0.3, -0.25) is 10.1 Å². The summed E-state index contributed by atoms with van der Waals surface area (Å²) in [7, 11) is 1.57. The normalized spacial score (nSPS) is 10.0. The molecule has 0 unspecified atom stereocenters. The second-order valence-electron chi connectivity index (χ2n) is 3.56. The van der Waals surface area contributed by atoms with Gasteiger partial charge in [0.25, 0.3) is 0 Å². The Morgan fingerprint density at radius 3 is 2.68 bits per heavy atom. The van der Waals surface area contributed by atoms with E-state index in [4.69, 9.17) is 0 Å². The Morgan fingerprint density at radius 1 is 1.32 bits per heavy atom. The van der Waals surface area contributed by atoms with Crippen LogP contribution < -0.4 is 10.6 Å². The molecular weight excluding hydrogens is 314 g/mol. The van der Waals surface area contributed by atoms with E-state index in [9.17, 15) is 10.1 Å². The lowest BCUT2D eigenvalue weighted by Gasteiger charge is -2.08. The number of aromatic nitrogens is 2. The number of benzene rings is 1. The summed E-state index contributed by atoms with van der Waals surface area (Å²) in [6, 6.07) is 7.26. The van der Waals surface area contributed by atoms with Crippen LogP contribution in [-0.2, 0) is 0 Å². The summed E-state index contributed by atoms with van der Waals surface area (Å²) in [5.41, 5.74) is 0.503. The van der Waals surface area contributed by atoms with E-state index in [0.717, 1.165) is 4.47 Å². The number of nitrogens with zero attached hydrogens (tertiary/aromatic N) is 3. The molecule has 0 fully saturated rings. The molecule has 1 aromatic heterocycles. The molecule has 0 aliphatic heterocycles. The SMILES string of the molecule is CNc1ncnc(Nc2cccc(Br)c2)c1[N+](=O)[O-]. The van der Waals surface area contributed by atoms with E-state index in [1.54, 1.807) is 19.2 Å². The number of hydrogen-bond acceptors (Lipinski definition) is 6. The van der Waals surface area contributed by atoms with Crippen molar-refractivity contribution in [2.45, 2.75) is 0 Å². The molecule has 0 radical (unpaired) electrons. The van der Waals surface area contributed by atoms with Gasteiger partial charge in [0.15, 0.2) is 0 Å². The molecule has 0 aliphatic rings. The van der Waals surface area contributed by atoms with Crippen LogP contribution in [-0.4, -0.2) is 21.9 Å². The third kappa shape index (κ3) is 2.97. The number of rotatable bonds is 4. The number of nitrogens with one attached hydrogen (secondary N) is 2. The first kappa shape index (κ1) is 13.2. The highest BCUT2D eigenvalue weighted by Crippen LogP contribution is 2.31. The van der Waals surface area contributed by atoms with Gasteiger partial charge in [-0.25, -0.2) is 9.97 Å². The highest BCUT2D eigenvalue weighted by atomic mass is 79.9. The summed E-state index contributed by atoms with van der Waals surface area (Å²) in [5.74, 6) is 0.306. The van der Waals surface area contributed by atoms with Crippen molar-refractivity contribution in [2.24, 2.45) is 0 Å². The third-order valence-corrected chi connectivity index (χ3v) is 2.82. The molecule has 1 aromatic carbocycles. The summed E-state index contributed by atoms with van der Waals surface area (Å²) in [6.07, 6.45) is 1.26. The van der Waals surface area contributed by atoms with Gasteiger partial charge in [-0.15, -0.1) is 0 Å². The van der Waals surface area contributed by atoms with Crippen molar-refractivity contribution < 1.29 is 4.92 Å². The van der Waals surface area contributed by atoms with E-state index in [2.05, 4.69) is 36.5 Å². The fraction of sp³-hybridized carbons (Fsp3) is 0.0909. The first-order chi connectivity index (χ1) is 9.11. The number of hydrogen-bond donors (Lipinski definition) is 2. The van der Waals surface area contributed by atoms with Crippen LogP contribution >= 0.6 is 15.9 Å². The summed E-state index contributed by atoms with van der Waals surface area (Å²) >= 11 is 3.33. The molecule has 0 saturated carbocycles. The maximum Gasteiger partial charge on any atom is 0.353 e. The maximum atomic E-state index is 11.1. The average molecular weight is 324 g/mol. The van der Waals surface area contributed by atoms with Gasteiger partial charge in [-0.2, -0.15) is 0 Å². The molecule has 19 heavy (non-hydrogen) atoms. The third-order valence-electron chi connectivity index (χ3n) is 2.33. The monoisotopic (exact) mass is 323 g/mol. The Labute approximate surface area is 117 Å². The number of anilines is 3. The fourth-order valence-corrected chi connectivity index (χ4v) is 1.93. The molecule has 0 aliphatic carbocycles. The van der Waals surface area contributed by atoms with Crippen molar-refractivity contribution >= 4 is 38.9 Å². The summed E-state index contributed by atoms with van der Waals surface area (Å²) in [5, 5.41) is 16.7. The molecule has 98 valence electrons. The van der Waals surface area contributed by atoms with E-state index in [-0.39, 0.29) is 17.3 Å². The minimum Gasteiger partial charge on any atom is -0.367 e. The Balaban J connectivity index is 2.42. The molecule has 0 bridgehead atoms. The van der Waals surface area contributed by atoms with Crippen molar-refractivity contribution in [2.75, 3.05) is 17.7 Å². The molecule has 0 amide bonds. The van der Waals surface area contributed by atoms with Gasteiger partial charge in [0, 0.05) is 17.2 Å². The van der Waals surface area contributed by atoms with Crippen molar-refractivity contribution in [3.8, 4) is 0 Å². The molecule has 8 heteroatoms. The largest absolute Gasteiger partial charge is 0.367 e. The zero-order valence-electron chi connectivity index (χ0n) is 9.92. The van der Waals surface area contributed by atoms with Crippen LogP contribution in [0, 0.1) is 10.1 Å². The predicted octanol–water partition coefficient (Wildman–Crippen LogP) is 2.93. The molecule has 0 saturated heterocycles. The molecule has 1 heterocycles. The molecule has 0 spiro atoms. The molecule has 7 nitrogen and oxygen atoms in total. The first-order valence-electron chi connectivity index (χ1n) is 5.31. The van der Waals surface area contributed by atoms with Crippen LogP contribution in [0.25, 0.3) is 0 Å². The average Bonchev–Trinajstić information content (AvgIpc) is 2.38. The van der Waals surface area contributed by atoms with Crippen molar-refractivity contribution in [1.29, 1.82) is 0 Å². The lowest BCUT2D eigenvalue weighted by molar-refractivity contribution is -0.383. The number of halogens is 1. The fourth-order valence-electron chi connectivity index (χ4n) is 1.53. The van der Waals surface area contributed by atoms with Gasteiger partial charge >= 0.3 is 5.69 Å². The second-order valence-corrected chi connectivity index (χ2v) is 4.48. The van der Waals surface area contributed by atoms with E-state index in [1.807, 2.05) is 12.1 Å². The van der Waals surface area contributed by atoms with Gasteiger partial charge in [-0.05, 0) is 18.2 Å². The smallest absolute Gasteiger partial charge is 0.353 e. The van der Waals surface area contributed by atoms with E-state index < -0.39 is 4.92 Å². The van der Waals surface area contributed by atoms with Crippen LogP contribution in [0.5, 0.6) is 0 Å². The predicted molar refractivity (Wildman–Crippen MR) is 75.7 cm³/mol. The van der Waals surface area contributed by atoms with Crippen LogP contribution in [0.3, 0.4) is 0 Å². The topological polar surface area (TPSA) is 93.0 Å². The second kappa shape index (κ2) is 5.61. The van der Waals surface area contributed by atoms with Crippen LogP contribution in [0.15, 0.2) is 35.1 Å². The molecule has 0 atom stereocenters. The van der Waals surface area contributed by atoms with Gasteiger partial charge in [0.05, 0.1) is 4.92 Å². The molecular formula is C11H10BrN5O2. The van der Waals surface area contributed by atoms with E-state index in [1.165, 1.54) is 6.33 Å². The first-order valence-corrected chi connectivity index (χ1v) is 6.11. The van der Waals surface area contributed by atoms with Gasteiger partial charge < -0.3 is 10.6 Å². The minimum absolute atomic E-state index is 0.141. The lowest BCUT2D eigenvalue weighted by Crippen LogP contribution is -2.05. The maximum absolute atomic E-state index is 11.1. The lowest BCUT2D eigenvalue weighted by atomic mass is 10.3. The van der Waals surface area contributed by atoms with E-state index >= 15 is 0 Å². The Bertz CT molecular complexity index is 620. The molecule has 2 rings (SSSR count). The molecule has 2 N–H and O–H groups in total. The Kier molecular flexibility index (Phi) is 3.91. The van der Waals surface area contributed by atoms with Crippen LogP contribution in [0.1, 0.15) is 0 Å². The summed E-state index contributed by atoms with van der Waals surface area (Å²) < 4.78 is 0.864. The van der Waals surface area contributed by atoms with Crippen molar-refractivity contribution in [3.05, 3.63) is 45.2 Å². The van der Waals surface area contributed by atoms with Crippen LogP contribution in [0.2, 0.25) is 0 Å². The highest BCUT2D eigenvalue weighted by molar-refractivity contribution is 9.10. The van der Waals surface area contributed by atoms with Gasteiger partial charge in [0.1, 0.15) is 6.33 Å². The number of nitro groups is 1. The van der Waals surface area contributed by atoms with Gasteiger partial charge in [-0.1, -0.05) is 22.0 Å². The molecule has 2 aromatic rings. The summed E-state index contributed by atoms with van der Waals surface area (Å²) in [6.45, 7) is 0. The van der Waals surface area contributed by atoms with E-state index in [0.29, 0.717) is 5.69 Å². The summed E-state index contributed by atoms with van der Waals surface area (Å²) in [4.78, 5) is 18.3. The van der Waals surface area contributed by atoms with Crippen molar-refractivity contribution in [3.63, 3.8) is 0 Å². The minimum atomic E-state index is -0.522. The van der Waals surface area contributed by atoms with Crippen LogP contribution in [0.4, 0.5) is 23.0 Å². The van der Waals surface area contributed by atoms with Crippen molar-refractivity contribution in [1.82, 2.24) is 9.97 Å². The zero-order valence-corrected chi connectivity index (χ0v) is 11.5. The zero-order chi connectivity index (χ0) is 13.8. The highest BCUT2D eigenvalue weighted by Gasteiger charge is 2.22. The Hall–Kier alpha value is -2.22. The standard InChI is InChI=1S/C11H10BrN5O2/c1-13-10-9(17(18)19)11(15-6-14-10)16-8-4-2-3-7(12)5-8/h2-6H,1H3,(H2,13,14,15,16). The Morgan fingerprint density at radius 2 is 2.05 bits per heavy atom.